The van der Waals surface area contributed by atoms with Gasteiger partial charge in [0, 0.05) is 0 Å². The Morgan fingerprint density at radius 1 is 1.17 bits per heavy atom. The lowest BCUT2D eigenvalue weighted by molar-refractivity contribution is 0.305. The second kappa shape index (κ2) is 10.6. The van der Waals surface area contributed by atoms with E-state index >= 15 is 0 Å². The molecule has 23 heavy (non-hydrogen) atoms. The zero-order valence-corrected chi connectivity index (χ0v) is 14.7. The lowest BCUT2D eigenvalue weighted by atomic mass is 10.1. The molecular formula is C16H29N3O3S. The maximum atomic E-state index is 11.7. The Kier molecular flexibility index (Phi) is 9.16. The van der Waals surface area contributed by atoms with Gasteiger partial charge < -0.3 is 15.8 Å². The van der Waals surface area contributed by atoms with Crippen LogP contribution >= 0.6 is 0 Å². The average Bonchev–Trinajstić information content (AvgIpc) is 2.50. The summed E-state index contributed by atoms with van der Waals surface area (Å²) in [6.45, 7) is 4.89. The van der Waals surface area contributed by atoms with E-state index in [0.29, 0.717) is 37.4 Å². The summed E-state index contributed by atoms with van der Waals surface area (Å²) in [5.74, 6) is 0.686. The average molecular weight is 343 g/mol. The van der Waals surface area contributed by atoms with E-state index in [0.717, 1.165) is 32.2 Å². The number of ether oxygens (including phenoxy) is 1. The molecule has 1 rings (SSSR count). The van der Waals surface area contributed by atoms with Gasteiger partial charge in [-0.2, -0.15) is 0 Å². The van der Waals surface area contributed by atoms with Gasteiger partial charge in [0.1, 0.15) is 5.75 Å². The first kappa shape index (κ1) is 19.9. The van der Waals surface area contributed by atoms with Gasteiger partial charge in [0.05, 0.1) is 11.5 Å². The third-order valence-electron chi connectivity index (χ3n) is 3.48. The number of rotatable bonds is 12. The van der Waals surface area contributed by atoms with Crippen LogP contribution in [0.1, 0.15) is 38.2 Å². The quantitative estimate of drug-likeness (QED) is 0.497. The molecule has 0 saturated carbocycles. The van der Waals surface area contributed by atoms with Crippen molar-refractivity contribution in [2.75, 3.05) is 26.2 Å². The van der Waals surface area contributed by atoms with Crippen molar-refractivity contribution in [1.82, 2.24) is 5.32 Å². The first-order valence-electron chi connectivity index (χ1n) is 8.18. The first-order chi connectivity index (χ1) is 11.0. The van der Waals surface area contributed by atoms with Crippen LogP contribution in [0, 0.1) is 0 Å². The van der Waals surface area contributed by atoms with Crippen molar-refractivity contribution in [3.8, 4) is 5.75 Å². The van der Waals surface area contributed by atoms with Crippen LogP contribution < -0.4 is 20.9 Å². The molecule has 1 aromatic carbocycles. The number of sulfonamides is 1. The van der Waals surface area contributed by atoms with Crippen LogP contribution in [-0.2, 0) is 16.4 Å². The van der Waals surface area contributed by atoms with Crippen molar-refractivity contribution >= 4 is 10.0 Å². The molecule has 0 aliphatic rings. The highest BCUT2D eigenvalue weighted by molar-refractivity contribution is 7.89. The summed E-state index contributed by atoms with van der Waals surface area (Å²) < 4.78 is 29.1. The van der Waals surface area contributed by atoms with Crippen LogP contribution in [0.5, 0.6) is 5.75 Å². The Balaban J connectivity index is 2.72. The molecule has 6 nitrogen and oxygen atoms in total. The highest BCUT2D eigenvalue weighted by atomic mass is 32.2. The van der Waals surface area contributed by atoms with Gasteiger partial charge in [-0.1, -0.05) is 19.8 Å². The molecule has 7 heteroatoms. The molecule has 1 aromatic rings. The van der Waals surface area contributed by atoms with E-state index in [2.05, 4.69) is 12.2 Å². The smallest absolute Gasteiger partial charge is 0.238 e. The summed E-state index contributed by atoms with van der Waals surface area (Å²) in [5, 5.41) is 8.53. The zero-order valence-electron chi connectivity index (χ0n) is 13.9. The number of hydrogen-bond acceptors (Lipinski definition) is 5. The van der Waals surface area contributed by atoms with Crippen LogP contribution in [0.2, 0.25) is 0 Å². The largest absolute Gasteiger partial charge is 0.494 e. The van der Waals surface area contributed by atoms with Crippen molar-refractivity contribution in [1.29, 1.82) is 0 Å². The lowest BCUT2D eigenvalue weighted by Gasteiger charge is -2.12. The number of unbranched alkanes of at least 4 members (excludes halogenated alkanes) is 2. The second-order valence-electron chi connectivity index (χ2n) is 5.51. The van der Waals surface area contributed by atoms with E-state index in [4.69, 9.17) is 15.6 Å². The monoisotopic (exact) mass is 343 g/mol. The zero-order chi connectivity index (χ0) is 17.1. The predicted octanol–water partition coefficient (Wildman–Crippen LogP) is 1.38. The minimum Gasteiger partial charge on any atom is -0.494 e. The van der Waals surface area contributed by atoms with Crippen molar-refractivity contribution in [3.05, 3.63) is 23.8 Å². The van der Waals surface area contributed by atoms with Crippen molar-refractivity contribution < 1.29 is 13.2 Å². The Hall–Kier alpha value is -1.15. The van der Waals surface area contributed by atoms with E-state index in [1.54, 1.807) is 12.1 Å². The van der Waals surface area contributed by atoms with Crippen LogP contribution in [0.3, 0.4) is 0 Å². The molecule has 0 aliphatic carbocycles. The highest BCUT2D eigenvalue weighted by Gasteiger charge is 2.14. The van der Waals surface area contributed by atoms with Gasteiger partial charge in [-0.25, -0.2) is 13.6 Å². The molecule has 0 radical (unpaired) electrons. The normalized spacial score (nSPS) is 11.6. The van der Waals surface area contributed by atoms with Gasteiger partial charge in [-0.3, -0.25) is 0 Å². The van der Waals surface area contributed by atoms with Crippen molar-refractivity contribution in [3.63, 3.8) is 0 Å². The Morgan fingerprint density at radius 3 is 2.61 bits per heavy atom. The van der Waals surface area contributed by atoms with Crippen molar-refractivity contribution in [2.45, 2.75) is 43.9 Å². The van der Waals surface area contributed by atoms with Crippen LogP contribution in [0.15, 0.2) is 23.1 Å². The Labute approximate surface area is 139 Å². The van der Waals surface area contributed by atoms with Gasteiger partial charge in [-0.15, -0.1) is 0 Å². The summed E-state index contributed by atoms with van der Waals surface area (Å²) in [7, 11) is -3.73. The van der Waals surface area contributed by atoms with Gasteiger partial charge in [0.25, 0.3) is 0 Å². The number of benzene rings is 1. The summed E-state index contributed by atoms with van der Waals surface area (Å²) in [4.78, 5) is 0.166. The molecule has 0 fully saturated rings. The number of nitrogens with one attached hydrogen (secondary N) is 1. The molecule has 0 amide bonds. The van der Waals surface area contributed by atoms with Crippen molar-refractivity contribution in [2.24, 2.45) is 10.9 Å². The van der Waals surface area contributed by atoms with E-state index in [9.17, 15) is 8.42 Å². The third-order valence-corrected chi connectivity index (χ3v) is 4.50. The van der Waals surface area contributed by atoms with Crippen LogP contribution in [0.25, 0.3) is 0 Å². The first-order valence-corrected chi connectivity index (χ1v) is 9.73. The Morgan fingerprint density at radius 2 is 1.96 bits per heavy atom. The maximum Gasteiger partial charge on any atom is 0.238 e. The van der Waals surface area contributed by atoms with Crippen LogP contribution in [-0.4, -0.2) is 34.7 Å². The molecular weight excluding hydrogens is 314 g/mol. The highest BCUT2D eigenvalue weighted by Crippen LogP contribution is 2.22. The molecule has 0 bridgehead atoms. The van der Waals surface area contributed by atoms with E-state index < -0.39 is 10.0 Å². The number of hydrogen-bond donors (Lipinski definition) is 3. The molecule has 0 saturated heterocycles. The fraction of sp³-hybridized carbons (Fsp3) is 0.625. The lowest BCUT2D eigenvalue weighted by Crippen LogP contribution is -2.22. The summed E-state index contributed by atoms with van der Waals surface area (Å²) in [6.07, 6.45) is 4.70. The van der Waals surface area contributed by atoms with E-state index in [1.165, 1.54) is 6.07 Å². The predicted molar refractivity (Wildman–Crippen MR) is 93.1 cm³/mol. The molecule has 132 valence electrons. The van der Waals surface area contributed by atoms with Gasteiger partial charge >= 0.3 is 0 Å². The number of primary sulfonamides is 1. The van der Waals surface area contributed by atoms with Crippen LogP contribution in [0.4, 0.5) is 0 Å². The molecule has 5 N–H and O–H groups in total. The molecule has 0 heterocycles. The minimum atomic E-state index is -3.73. The third kappa shape index (κ3) is 7.78. The fourth-order valence-corrected chi connectivity index (χ4v) is 3.02. The molecule has 0 unspecified atom stereocenters. The van der Waals surface area contributed by atoms with Gasteiger partial charge in [0.15, 0.2) is 0 Å². The number of nitrogens with two attached hydrogens (primary N) is 2. The molecule has 0 spiro atoms. The molecule has 0 atom stereocenters. The van der Waals surface area contributed by atoms with Gasteiger partial charge in [-0.05, 0) is 62.7 Å². The summed E-state index contributed by atoms with van der Waals surface area (Å²) in [6, 6.07) is 4.97. The fourth-order valence-electron chi connectivity index (χ4n) is 2.24. The van der Waals surface area contributed by atoms with E-state index in [1.807, 2.05) is 0 Å². The standard InChI is InChI=1S/C16H29N3O3S/c1-2-3-4-12-22-15-6-7-16(23(18,20)21)14(13-15)8-11-19-10-5-9-17/h6-7,13,19H,2-5,8-12,17H2,1H3,(H2,18,20,21). The second-order valence-corrected chi connectivity index (χ2v) is 7.04. The molecule has 0 aromatic heterocycles. The Bertz CT molecular complexity index is 562. The maximum absolute atomic E-state index is 11.7. The summed E-state index contributed by atoms with van der Waals surface area (Å²) >= 11 is 0. The minimum absolute atomic E-state index is 0.166. The van der Waals surface area contributed by atoms with E-state index in [-0.39, 0.29) is 4.90 Å². The molecule has 0 aliphatic heterocycles. The topological polar surface area (TPSA) is 107 Å². The summed E-state index contributed by atoms with van der Waals surface area (Å²) in [5.41, 5.74) is 6.12. The van der Waals surface area contributed by atoms with Gasteiger partial charge in [0.2, 0.25) is 10.0 Å². The SMILES string of the molecule is CCCCCOc1ccc(S(N)(=O)=O)c(CCNCCCN)c1.